The first kappa shape index (κ1) is 32.0. The maximum Gasteiger partial charge on any atom is 0.553 e. The predicted octanol–water partition coefficient (Wildman–Crippen LogP) is 8.75. The Morgan fingerprint density at radius 1 is 0.465 bits per heavy atom. The van der Waals surface area contributed by atoms with Gasteiger partial charge in [0.25, 0.3) is 0 Å². The maximum absolute atomic E-state index is 2.75. The molecule has 1 fully saturated rings. The van der Waals surface area contributed by atoms with Crippen LogP contribution in [0.2, 0.25) is 0 Å². The molecule has 0 amide bonds. The van der Waals surface area contributed by atoms with Crippen molar-refractivity contribution >= 4 is 51.1 Å². The van der Waals surface area contributed by atoms with E-state index in [0.717, 1.165) is 0 Å². The summed E-state index contributed by atoms with van der Waals surface area (Å²) in [5, 5.41) is 0. The minimum atomic E-state index is 0.0275. The Morgan fingerprint density at radius 2 is 0.814 bits per heavy atom. The third-order valence-corrected chi connectivity index (χ3v) is 12.1. The molecule has 0 unspecified atom stereocenters. The quantitative estimate of drug-likeness (QED) is 0.180. The van der Waals surface area contributed by atoms with Crippen molar-refractivity contribution in [2.75, 3.05) is 20.9 Å². The smallest absolute Gasteiger partial charge is 0.450 e. The summed E-state index contributed by atoms with van der Waals surface area (Å²) in [6, 6.07) is 31.4. The Kier molecular flexibility index (Phi) is 10.5. The summed E-state index contributed by atoms with van der Waals surface area (Å²) in [6.07, 6.45) is 1.22. The van der Waals surface area contributed by atoms with E-state index in [9.17, 15) is 0 Å². The first-order valence-electron chi connectivity index (χ1n) is 16.3. The van der Waals surface area contributed by atoms with Gasteiger partial charge in [-0.1, -0.05) is 140 Å². The van der Waals surface area contributed by atoms with E-state index < -0.39 is 0 Å². The molecule has 4 aromatic carbocycles. The zero-order chi connectivity index (χ0) is 30.7. The molecule has 0 saturated carbocycles. The van der Waals surface area contributed by atoms with Crippen molar-refractivity contribution in [2.45, 2.75) is 85.5 Å². The third-order valence-electron chi connectivity index (χ3n) is 8.86. The van der Waals surface area contributed by atoms with Crippen LogP contribution >= 0.6 is 0 Å². The molecule has 4 aromatic rings. The van der Waals surface area contributed by atoms with Gasteiger partial charge in [0, 0.05) is 11.4 Å². The summed E-state index contributed by atoms with van der Waals surface area (Å²) < 4.78 is 8.58. The summed E-state index contributed by atoms with van der Waals surface area (Å²) in [5.74, 6) is 2.18. The first-order valence-corrected chi connectivity index (χ1v) is 18.5. The lowest BCUT2D eigenvalue weighted by molar-refractivity contribution is 0.752. The van der Waals surface area contributed by atoms with Crippen LogP contribution in [0.15, 0.2) is 84.9 Å². The molecule has 0 aromatic heterocycles. The van der Waals surface area contributed by atoms with Crippen molar-refractivity contribution in [3.63, 3.8) is 0 Å². The normalized spacial score (nSPS) is 14.0. The molecular formula is C39H48Al2N2. The maximum atomic E-state index is 2.75. The highest BCUT2D eigenvalue weighted by molar-refractivity contribution is 6.73. The molecule has 2 heterocycles. The molecule has 2 nitrogen and oxygen atoms in total. The predicted molar refractivity (Wildman–Crippen MR) is 191 cm³/mol. The molecule has 2 aliphatic heterocycles. The van der Waals surface area contributed by atoms with Crippen molar-refractivity contribution in [3.05, 3.63) is 107 Å². The zero-order valence-corrected chi connectivity index (χ0v) is 29.9. The van der Waals surface area contributed by atoms with Crippen LogP contribution < -0.4 is 16.6 Å². The second-order valence-electron chi connectivity index (χ2n) is 13.4. The van der Waals surface area contributed by atoms with Crippen molar-refractivity contribution in [1.82, 2.24) is 0 Å². The molecular weight excluding hydrogens is 550 g/mol. The van der Waals surface area contributed by atoms with E-state index in [1.165, 1.54) is 64.3 Å². The van der Waals surface area contributed by atoms with Crippen LogP contribution in [0.25, 0.3) is 11.1 Å². The van der Waals surface area contributed by atoms with Gasteiger partial charge >= 0.3 is 30.9 Å². The average molecular weight is 599 g/mol. The summed E-state index contributed by atoms with van der Waals surface area (Å²) in [7, 11) is 0. The average Bonchev–Trinajstić information content (AvgIpc) is 3.39. The van der Waals surface area contributed by atoms with Gasteiger partial charge < -0.3 is 7.77 Å². The Balaban J connectivity index is 0.000000232. The molecule has 0 atom stereocenters. The fourth-order valence-electron chi connectivity index (χ4n) is 6.62. The largest absolute Gasteiger partial charge is 0.553 e. The third kappa shape index (κ3) is 6.95. The molecule has 1 saturated heterocycles. The molecule has 4 heteroatoms. The van der Waals surface area contributed by atoms with Crippen LogP contribution in [0.4, 0.5) is 11.4 Å². The van der Waals surface area contributed by atoms with E-state index in [1.54, 1.807) is 8.85 Å². The summed E-state index contributed by atoms with van der Waals surface area (Å²) >= 11 is 0.373. The second-order valence-corrected chi connectivity index (χ2v) is 16.4. The van der Waals surface area contributed by atoms with Gasteiger partial charge in [-0.05, 0) is 76.6 Å². The van der Waals surface area contributed by atoms with E-state index in [1.807, 2.05) is 0 Å². The fraction of sp³-hybridized carbons (Fsp3) is 0.385. The minimum absolute atomic E-state index is 0.0275. The Labute approximate surface area is 274 Å². The fourth-order valence-corrected chi connectivity index (χ4v) is 9.95. The number of para-hydroxylation sites is 2. The van der Waals surface area contributed by atoms with Crippen molar-refractivity contribution in [2.24, 2.45) is 0 Å². The molecule has 2 radical (unpaired) electrons. The zero-order valence-electron chi connectivity index (χ0n) is 27.6. The van der Waals surface area contributed by atoms with E-state index in [2.05, 4.69) is 148 Å². The van der Waals surface area contributed by atoms with Crippen LogP contribution in [-0.4, -0.2) is 44.0 Å². The monoisotopic (exact) mass is 598 g/mol. The van der Waals surface area contributed by atoms with Crippen molar-refractivity contribution in [3.8, 4) is 11.1 Å². The van der Waals surface area contributed by atoms with Gasteiger partial charge in [-0.3, -0.25) is 0 Å². The number of nitrogens with zero attached hydrogens (tertiary/aromatic N) is 2. The van der Waals surface area contributed by atoms with Crippen molar-refractivity contribution < 1.29 is 0 Å². The lowest BCUT2D eigenvalue weighted by Gasteiger charge is -2.42. The van der Waals surface area contributed by atoms with Gasteiger partial charge in [0.05, 0.1) is 0 Å². The molecule has 0 spiro atoms. The SMILES string of the molecule is CC(C)c1cccc(C(C)C)c1[N]1CCC[N](c2c(C(C)C)cccc2C(C)C)[Al]1.c1ccc2[c](c1)[Al][c]1ccccc1-2. The lowest BCUT2D eigenvalue weighted by Crippen LogP contribution is -2.49. The number of fused-ring (bicyclic) bond motifs is 3. The summed E-state index contributed by atoms with van der Waals surface area (Å²) in [4.78, 5) is 0. The van der Waals surface area contributed by atoms with Crippen LogP contribution in [0, 0.1) is 0 Å². The van der Waals surface area contributed by atoms with Crippen LogP contribution in [0.3, 0.4) is 0 Å². The van der Waals surface area contributed by atoms with Gasteiger partial charge in [-0.2, -0.15) is 0 Å². The standard InChI is InChI=1S/C27H40N2.C12H8.2Al/c1-18(2)22-12-9-13-23(19(3)4)26(22)28-16-11-17-29-27-24(20(5)6)14-10-15-25(27)21(7)8;1-3-7-11(8-4-1)12-9-5-2-6-10-12;;/h9-10,12-15,18-21H,11,16-17H2,1-8H3;1-7,9H;;/q-2;;;+2. The number of rotatable bonds is 6. The molecule has 43 heavy (non-hydrogen) atoms. The topological polar surface area (TPSA) is 6.48 Å². The molecule has 0 aliphatic carbocycles. The molecule has 0 N–H and O–H groups in total. The summed E-state index contributed by atoms with van der Waals surface area (Å²) in [6.45, 7) is 21.1. The number of anilines is 2. The van der Waals surface area contributed by atoms with Gasteiger partial charge in [0.1, 0.15) is 0 Å². The molecule has 220 valence electrons. The Morgan fingerprint density at radius 3 is 1.16 bits per heavy atom. The number of hydrogen-bond acceptors (Lipinski definition) is 2. The highest BCUT2D eigenvalue weighted by Crippen LogP contribution is 2.39. The number of benzene rings is 4. The molecule has 2 aliphatic rings. The molecule has 0 bridgehead atoms. The van der Waals surface area contributed by atoms with E-state index in [4.69, 9.17) is 0 Å². The number of hydrogen-bond donors (Lipinski definition) is 0. The Bertz CT molecular complexity index is 1370. The van der Waals surface area contributed by atoms with E-state index in [-0.39, 0.29) is 15.7 Å². The van der Waals surface area contributed by atoms with Gasteiger partial charge in [0.15, 0.2) is 0 Å². The van der Waals surface area contributed by atoms with Gasteiger partial charge in [0.2, 0.25) is 0 Å². The lowest BCUT2D eigenvalue weighted by atomic mass is 9.92. The summed E-state index contributed by atoms with van der Waals surface area (Å²) in [5.41, 5.74) is 12.0. The Hall–Kier alpha value is -2.46. The second kappa shape index (κ2) is 14.1. The highest BCUT2D eigenvalue weighted by Gasteiger charge is 2.30. The van der Waals surface area contributed by atoms with Gasteiger partial charge in [-0.25, -0.2) is 0 Å². The minimum Gasteiger partial charge on any atom is -0.450 e. The molecule has 6 rings (SSSR count). The van der Waals surface area contributed by atoms with Crippen LogP contribution in [0.5, 0.6) is 0 Å². The highest BCUT2D eigenvalue weighted by atomic mass is 27.1. The first-order chi connectivity index (χ1) is 20.7. The van der Waals surface area contributed by atoms with Crippen LogP contribution in [-0.2, 0) is 0 Å². The van der Waals surface area contributed by atoms with Gasteiger partial charge in [-0.15, -0.1) is 8.85 Å². The van der Waals surface area contributed by atoms with E-state index >= 15 is 0 Å². The van der Waals surface area contributed by atoms with Crippen LogP contribution in [0.1, 0.15) is 108 Å². The van der Waals surface area contributed by atoms with Crippen molar-refractivity contribution in [1.29, 1.82) is 0 Å². The van der Waals surface area contributed by atoms with E-state index in [0.29, 0.717) is 38.9 Å².